The van der Waals surface area contributed by atoms with E-state index in [1.807, 2.05) is 0 Å². The number of hydrogen-bond acceptors (Lipinski definition) is 2. The molecule has 3 nitrogen and oxygen atoms in total. The first-order chi connectivity index (χ1) is 5.84. The van der Waals surface area contributed by atoms with Crippen molar-refractivity contribution < 1.29 is 17.5 Å². The third-order valence-electron chi connectivity index (χ3n) is 1.97. The van der Waals surface area contributed by atoms with Crippen LogP contribution >= 0.6 is 7.26 Å². The van der Waals surface area contributed by atoms with Gasteiger partial charge in [-0.1, -0.05) is 0 Å². The number of hydrogen-bond donors (Lipinski definition) is 2. The van der Waals surface area contributed by atoms with Crippen molar-refractivity contribution in [3.05, 3.63) is 22.1 Å². The van der Waals surface area contributed by atoms with Gasteiger partial charge in [-0.25, -0.2) is 0 Å². The van der Waals surface area contributed by atoms with E-state index < -0.39 is 7.26 Å². The normalized spacial score (nSPS) is 10.9. The Labute approximate surface area is 90.3 Å². The van der Waals surface area contributed by atoms with E-state index in [0.29, 0.717) is 5.56 Å². The molecule has 1 rings (SSSR count). The van der Waals surface area contributed by atoms with Gasteiger partial charge in [-0.15, -0.1) is 0 Å². The van der Waals surface area contributed by atoms with Crippen molar-refractivity contribution in [1.82, 2.24) is 4.98 Å². The Hall–Kier alpha value is -0.530. The largest absolute Gasteiger partial charge is 1.00 e. The van der Waals surface area contributed by atoms with E-state index in [4.69, 9.17) is 0 Å². The molecule has 0 spiro atoms. The van der Waals surface area contributed by atoms with Gasteiger partial charge in [0, 0.05) is 19.0 Å². The van der Waals surface area contributed by atoms with Crippen molar-refractivity contribution in [3.63, 3.8) is 0 Å². The highest BCUT2D eigenvalue weighted by atomic mass is 35.5. The van der Waals surface area contributed by atoms with Crippen LogP contribution in [0, 0.1) is 6.92 Å². The van der Waals surface area contributed by atoms with Crippen LogP contribution in [0.3, 0.4) is 0 Å². The highest BCUT2D eigenvalue weighted by Crippen LogP contribution is 2.45. The molecule has 0 saturated carbocycles. The van der Waals surface area contributed by atoms with E-state index in [-0.39, 0.29) is 23.7 Å². The Morgan fingerprint density at radius 2 is 1.86 bits per heavy atom. The summed E-state index contributed by atoms with van der Waals surface area (Å²) in [6, 6.07) is 0. The van der Waals surface area contributed by atoms with Gasteiger partial charge in [0.2, 0.25) is 0 Å². The number of pyridine rings is 1. The lowest BCUT2D eigenvalue weighted by molar-refractivity contribution is -0.00000406. The minimum atomic E-state index is -1.37. The molecule has 0 aliphatic rings. The molecular weight excluding hydrogens is 221 g/mol. The Morgan fingerprint density at radius 1 is 1.36 bits per heavy atom. The van der Waals surface area contributed by atoms with Crippen LogP contribution in [-0.4, -0.2) is 30.1 Å². The summed E-state index contributed by atoms with van der Waals surface area (Å²) in [4.78, 5) is 14.0. The van der Waals surface area contributed by atoms with Crippen molar-refractivity contribution >= 4 is 12.6 Å². The second-order valence-corrected chi connectivity index (χ2v) is 8.46. The Balaban J connectivity index is 0.00000169. The smallest absolute Gasteiger partial charge is 0.290 e. The summed E-state index contributed by atoms with van der Waals surface area (Å²) in [5.41, 5.74) is 0.640. The summed E-state index contributed by atoms with van der Waals surface area (Å²) in [5.74, 6) is 0.171. The molecule has 80 valence electrons. The third-order valence-corrected chi connectivity index (χ3v) is 3.85. The third kappa shape index (κ3) is 2.49. The summed E-state index contributed by atoms with van der Waals surface area (Å²) in [5, 5.41) is 10.2. The van der Waals surface area contributed by atoms with E-state index in [0.717, 1.165) is 5.30 Å². The first kappa shape index (κ1) is 13.5. The van der Waals surface area contributed by atoms with Crippen molar-refractivity contribution in [3.8, 4) is 5.75 Å². The van der Waals surface area contributed by atoms with Crippen LogP contribution < -0.4 is 23.3 Å². The molecule has 0 radical (unpaired) electrons. The highest BCUT2D eigenvalue weighted by Gasteiger charge is 2.28. The lowest BCUT2D eigenvalue weighted by Gasteiger charge is -2.13. The molecule has 0 saturated heterocycles. The quantitative estimate of drug-likeness (QED) is 0.550. The predicted molar refractivity (Wildman–Crippen MR) is 57.8 cm³/mol. The average Bonchev–Trinajstić information content (AvgIpc) is 1.95. The number of aromatic amines is 1. The molecule has 0 atom stereocenters. The molecular formula is C9H15ClNO2P. The first-order valence-corrected chi connectivity index (χ1v) is 7.20. The van der Waals surface area contributed by atoms with Crippen molar-refractivity contribution in [1.29, 1.82) is 0 Å². The summed E-state index contributed by atoms with van der Waals surface area (Å²) >= 11 is 0. The van der Waals surface area contributed by atoms with Crippen molar-refractivity contribution in [2.24, 2.45) is 0 Å². The van der Waals surface area contributed by atoms with E-state index >= 15 is 0 Å². The second-order valence-electron chi connectivity index (χ2n) is 3.99. The molecule has 0 aromatic carbocycles. The molecule has 0 aliphatic carbocycles. The number of halogens is 1. The molecule has 1 aromatic heterocycles. The number of H-pyrrole nitrogens is 1. The zero-order chi connectivity index (χ0) is 10.2. The standard InChI is InChI=1S/C9H14NO2P.ClH/c1-6-7(11)5-10-9(12)8(6)13(2,3)4;/h5H,1-4H3,(H-,10,11,12);1H. The maximum absolute atomic E-state index is 11.5. The van der Waals surface area contributed by atoms with Crippen LogP contribution in [-0.2, 0) is 0 Å². The summed E-state index contributed by atoms with van der Waals surface area (Å²) in [6.45, 7) is 7.96. The average molecular weight is 236 g/mol. The first-order valence-electron chi connectivity index (χ1n) is 4.07. The molecule has 0 amide bonds. The number of rotatable bonds is 1. The fourth-order valence-corrected chi connectivity index (χ4v) is 3.20. The van der Waals surface area contributed by atoms with Gasteiger partial charge < -0.3 is 22.5 Å². The SMILES string of the molecule is Cc1c(O)c[nH]c(=O)c1[P+](C)(C)C.[Cl-]. The van der Waals surface area contributed by atoms with Gasteiger partial charge in [0.15, 0.2) is 5.30 Å². The van der Waals surface area contributed by atoms with Crippen LogP contribution in [0.15, 0.2) is 11.0 Å². The molecule has 5 heteroatoms. The van der Waals surface area contributed by atoms with Gasteiger partial charge in [0.1, 0.15) is 5.75 Å². The molecule has 0 bridgehead atoms. The summed E-state index contributed by atoms with van der Waals surface area (Å²) in [7, 11) is -1.37. The Morgan fingerprint density at radius 3 is 2.21 bits per heavy atom. The lowest BCUT2D eigenvalue weighted by Crippen LogP contribution is -3.00. The molecule has 0 unspecified atom stereocenters. The van der Waals surface area contributed by atoms with Gasteiger partial charge in [-0.05, 0) is 6.92 Å². The van der Waals surface area contributed by atoms with Gasteiger partial charge >= 0.3 is 0 Å². The van der Waals surface area contributed by atoms with Crippen LogP contribution in [0.5, 0.6) is 5.75 Å². The lowest BCUT2D eigenvalue weighted by atomic mass is 10.3. The zero-order valence-electron chi connectivity index (χ0n) is 8.76. The second kappa shape index (κ2) is 4.33. The minimum Gasteiger partial charge on any atom is -1.00 e. The van der Waals surface area contributed by atoms with Gasteiger partial charge in [0.05, 0.1) is 20.0 Å². The van der Waals surface area contributed by atoms with Gasteiger partial charge in [-0.3, -0.25) is 4.79 Å². The fourth-order valence-electron chi connectivity index (χ4n) is 1.41. The molecule has 1 aromatic rings. The van der Waals surface area contributed by atoms with Crippen LogP contribution in [0.4, 0.5) is 0 Å². The van der Waals surface area contributed by atoms with Crippen LogP contribution in [0.25, 0.3) is 0 Å². The molecule has 0 fully saturated rings. The zero-order valence-corrected chi connectivity index (χ0v) is 10.4. The molecule has 14 heavy (non-hydrogen) atoms. The van der Waals surface area contributed by atoms with Crippen molar-refractivity contribution in [2.75, 3.05) is 20.0 Å². The van der Waals surface area contributed by atoms with E-state index in [9.17, 15) is 9.90 Å². The number of aromatic nitrogens is 1. The van der Waals surface area contributed by atoms with Gasteiger partial charge in [-0.2, -0.15) is 0 Å². The maximum Gasteiger partial charge on any atom is 0.290 e. The van der Waals surface area contributed by atoms with E-state index in [1.165, 1.54) is 6.20 Å². The number of aromatic hydroxyl groups is 1. The summed E-state index contributed by atoms with van der Waals surface area (Å²) < 4.78 is 0. The molecule has 0 aliphatic heterocycles. The fraction of sp³-hybridized carbons (Fsp3) is 0.444. The highest BCUT2D eigenvalue weighted by molar-refractivity contribution is 7.81. The summed E-state index contributed by atoms with van der Waals surface area (Å²) in [6.07, 6.45) is 1.34. The van der Waals surface area contributed by atoms with E-state index in [1.54, 1.807) is 6.92 Å². The Bertz CT molecular complexity index is 381. The van der Waals surface area contributed by atoms with Crippen molar-refractivity contribution in [2.45, 2.75) is 6.92 Å². The number of nitrogens with one attached hydrogen (secondary N) is 1. The van der Waals surface area contributed by atoms with Gasteiger partial charge in [0.25, 0.3) is 5.56 Å². The monoisotopic (exact) mass is 235 g/mol. The molecule has 1 heterocycles. The minimum absolute atomic E-state index is 0. The maximum atomic E-state index is 11.5. The van der Waals surface area contributed by atoms with Crippen LogP contribution in [0.2, 0.25) is 0 Å². The predicted octanol–water partition coefficient (Wildman–Crippen LogP) is -2.07. The topological polar surface area (TPSA) is 53.1 Å². The Kier molecular flexibility index (Phi) is 4.16. The molecule has 2 N–H and O–H groups in total. The van der Waals surface area contributed by atoms with E-state index in [2.05, 4.69) is 25.0 Å². The van der Waals surface area contributed by atoms with Crippen LogP contribution in [0.1, 0.15) is 5.56 Å².